The van der Waals surface area contributed by atoms with E-state index < -0.39 is 16.8 Å². The molecule has 1 fully saturated rings. The number of hydrogen-bond acceptors (Lipinski definition) is 4. The van der Waals surface area contributed by atoms with Crippen LogP contribution in [0, 0.1) is 0 Å². The van der Waals surface area contributed by atoms with Gasteiger partial charge in [0.2, 0.25) is 0 Å². The number of rotatable bonds is 4. The summed E-state index contributed by atoms with van der Waals surface area (Å²) in [5.74, 6) is 0. The van der Waals surface area contributed by atoms with Crippen LogP contribution in [0.2, 0.25) is 0 Å². The van der Waals surface area contributed by atoms with Gasteiger partial charge < -0.3 is 4.90 Å². The molecule has 4 nitrogen and oxygen atoms in total. The standard InChI is InChI=1S/C8H14FNO3S/c1-14(11,12)13-8-3-6-10(7-8)5-2-4-9/h2,5,8H,3-4,6-7H2,1H3/b5-2+. The molecule has 0 aromatic heterocycles. The van der Waals surface area contributed by atoms with Crippen molar-refractivity contribution in [1.29, 1.82) is 0 Å². The molecule has 1 unspecified atom stereocenters. The first-order chi connectivity index (χ1) is 6.51. The summed E-state index contributed by atoms with van der Waals surface area (Å²) in [6.07, 6.45) is 4.42. The Hall–Kier alpha value is -0.620. The largest absolute Gasteiger partial charge is 0.375 e. The van der Waals surface area contributed by atoms with Crippen LogP contribution >= 0.6 is 0 Å². The highest BCUT2D eigenvalue weighted by molar-refractivity contribution is 7.86. The second-order valence-corrected chi connectivity index (χ2v) is 4.85. The molecule has 0 saturated carbocycles. The molecule has 0 radical (unpaired) electrons. The topological polar surface area (TPSA) is 46.6 Å². The van der Waals surface area contributed by atoms with E-state index in [0.717, 1.165) is 6.26 Å². The molecule has 0 aromatic carbocycles. The molecule has 0 spiro atoms. The van der Waals surface area contributed by atoms with Crippen LogP contribution in [0.25, 0.3) is 0 Å². The van der Waals surface area contributed by atoms with E-state index in [1.165, 1.54) is 6.08 Å². The normalized spacial score (nSPS) is 23.6. The molecule has 1 heterocycles. The molecule has 14 heavy (non-hydrogen) atoms. The van der Waals surface area contributed by atoms with Gasteiger partial charge in [-0.1, -0.05) is 0 Å². The second kappa shape index (κ2) is 4.75. The number of alkyl halides is 1. The molecule has 0 N–H and O–H groups in total. The molecular weight excluding hydrogens is 209 g/mol. The van der Waals surface area contributed by atoms with E-state index in [9.17, 15) is 12.8 Å². The van der Waals surface area contributed by atoms with Crippen molar-refractivity contribution in [3.63, 3.8) is 0 Å². The lowest BCUT2D eigenvalue weighted by atomic mass is 10.3. The number of halogens is 1. The average molecular weight is 223 g/mol. The van der Waals surface area contributed by atoms with Crippen LogP contribution in [-0.2, 0) is 14.3 Å². The molecule has 1 aliphatic heterocycles. The summed E-state index contributed by atoms with van der Waals surface area (Å²) in [6.45, 7) is 0.703. The molecule has 1 aliphatic rings. The van der Waals surface area contributed by atoms with Crippen molar-refractivity contribution >= 4 is 10.1 Å². The third kappa shape index (κ3) is 4.06. The van der Waals surface area contributed by atoms with Crippen molar-refractivity contribution < 1.29 is 17.0 Å². The van der Waals surface area contributed by atoms with E-state index in [2.05, 4.69) is 0 Å². The number of likely N-dealkylation sites (tertiary alicyclic amines) is 1. The van der Waals surface area contributed by atoms with Crippen LogP contribution in [0.15, 0.2) is 12.3 Å². The van der Waals surface area contributed by atoms with Crippen molar-refractivity contribution in [2.75, 3.05) is 26.0 Å². The minimum absolute atomic E-state index is 0.297. The summed E-state index contributed by atoms with van der Waals surface area (Å²) in [5, 5.41) is 0. The fourth-order valence-corrected chi connectivity index (χ4v) is 2.06. The van der Waals surface area contributed by atoms with Crippen molar-refractivity contribution in [1.82, 2.24) is 4.90 Å². The van der Waals surface area contributed by atoms with Gasteiger partial charge in [-0.05, 0) is 18.7 Å². The average Bonchev–Trinajstić information content (AvgIpc) is 2.46. The SMILES string of the molecule is CS(=O)(=O)OC1CCN(/C=C/CF)C1. The fraction of sp³-hybridized carbons (Fsp3) is 0.750. The van der Waals surface area contributed by atoms with Crippen LogP contribution in [-0.4, -0.2) is 45.4 Å². The Morgan fingerprint density at radius 1 is 1.64 bits per heavy atom. The van der Waals surface area contributed by atoms with E-state index in [-0.39, 0.29) is 6.10 Å². The number of allylic oxidation sites excluding steroid dienone is 1. The maximum absolute atomic E-state index is 11.8. The lowest BCUT2D eigenvalue weighted by Gasteiger charge is -2.12. The Balaban J connectivity index is 2.38. The zero-order valence-corrected chi connectivity index (χ0v) is 8.84. The smallest absolute Gasteiger partial charge is 0.264 e. The van der Waals surface area contributed by atoms with Crippen molar-refractivity contribution in [2.45, 2.75) is 12.5 Å². The van der Waals surface area contributed by atoms with Crippen LogP contribution in [0.4, 0.5) is 4.39 Å². The van der Waals surface area contributed by atoms with Gasteiger partial charge in [0.15, 0.2) is 0 Å². The van der Waals surface area contributed by atoms with Gasteiger partial charge in [-0.2, -0.15) is 8.42 Å². The molecule has 0 aliphatic carbocycles. The molecular formula is C8H14FNO3S. The number of hydrogen-bond donors (Lipinski definition) is 0. The Morgan fingerprint density at radius 3 is 2.93 bits per heavy atom. The van der Waals surface area contributed by atoms with Gasteiger partial charge >= 0.3 is 0 Å². The molecule has 82 valence electrons. The summed E-state index contributed by atoms with van der Waals surface area (Å²) >= 11 is 0. The summed E-state index contributed by atoms with van der Waals surface area (Å²) in [6, 6.07) is 0. The lowest BCUT2D eigenvalue weighted by Crippen LogP contribution is -2.21. The Labute approximate surface area is 83.5 Å². The predicted molar refractivity (Wildman–Crippen MR) is 51.0 cm³/mol. The van der Waals surface area contributed by atoms with E-state index >= 15 is 0 Å². The van der Waals surface area contributed by atoms with Crippen LogP contribution < -0.4 is 0 Å². The fourth-order valence-electron chi connectivity index (χ4n) is 1.40. The third-order valence-electron chi connectivity index (χ3n) is 1.89. The van der Waals surface area contributed by atoms with Crippen LogP contribution in [0.3, 0.4) is 0 Å². The summed E-state index contributed by atoms with van der Waals surface area (Å²) in [7, 11) is -3.38. The number of nitrogens with zero attached hydrogens (tertiary/aromatic N) is 1. The van der Waals surface area contributed by atoms with Gasteiger partial charge in [-0.15, -0.1) is 0 Å². The maximum Gasteiger partial charge on any atom is 0.264 e. The van der Waals surface area contributed by atoms with Crippen molar-refractivity contribution in [2.24, 2.45) is 0 Å². The summed E-state index contributed by atoms with van der Waals surface area (Å²) in [5.41, 5.74) is 0. The first-order valence-electron chi connectivity index (χ1n) is 4.36. The third-order valence-corrected chi connectivity index (χ3v) is 2.51. The Bertz CT molecular complexity index is 302. The van der Waals surface area contributed by atoms with Crippen molar-refractivity contribution in [3.05, 3.63) is 12.3 Å². The highest BCUT2D eigenvalue weighted by Crippen LogP contribution is 2.14. The van der Waals surface area contributed by atoms with Gasteiger partial charge in [-0.3, -0.25) is 4.18 Å². The van der Waals surface area contributed by atoms with E-state index in [1.807, 2.05) is 4.90 Å². The highest BCUT2D eigenvalue weighted by atomic mass is 32.2. The quantitative estimate of drug-likeness (QED) is 0.652. The van der Waals surface area contributed by atoms with Gasteiger partial charge in [0.25, 0.3) is 10.1 Å². The minimum Gasteiger partial charge on any atom is -0.375 e. The van der Waals surface area contributed by atoms with E-state index in [4.69, 9.17) is 4.18 Å². The van der Waals surface area contributed by atoms with Gasteiger partial charge in [0.05, 0.1) is 12.4 Å². The van der Waals surface area contributed by atoms with Crippen molar-refractivity contribution in [3.8, 4) is 0 Å². The first-order valence-corrected chi connectivity index (χ1v) is 6.18. The highest BCUT2D eigenvalue weighted by Gasteiger charge is 2.23. The predicted octanol–water partition coefficient (Wildman–Crippen LogP) is 0.520. The Kier molecular flexibility index (Phi) is 3.88. The van der Waals surface area contributed by atoms with Gasteiger partial charge in [-0.25, -0.2) is 4.39 Å². The zero-order valence-electron chi connectivity index (χ0n) is 8.02. The maximum atomic E-state index is 11.8. The summed E-state index contributed by atoms with van der Waals surface area (Å²) < 4.78 is 38.2. The second-order valence-electron chi connectivity index (χ2n) is 3.25. The summed E-state index contributed by atoms with van der Waals surface area (Å²) in [4.78, 5) is 1.84. The molecule has 1 atom stereocenters. The molecule has 0 bridgehead atoms. The van der Waals surface area contributed by atoms with E-state index in [0.29, 0.717) is 19.5 Å². The minimum atomic E-state index is -3.38. The molecule has 0 amide bonds. The molecule has 0 aromatic rings. The Morgan fingerprint density at radius 2 is 2.36 bits per heavy atom. The first kappa shape index (κ1) is 11.5. The zero-order chi connectivity index (χ0) is 10.6. The molecule has 1 saturated heterocycles. The monoisotopic (exact) mass is 223 g/mol. The van der Waals surface area contributed by atoms with E-state index in [1.54, 1.807) is 6.20 Å². The van der Waals surface area contributed by atoms with Gasteiger partial charge in [0, 0.05) is 13.1 Å². The molecule has 6 heteroatoms. The lowest BCUT2D eigenvalue weighted by molar-refractivity contribution is 0.221. The van der Waals surface area contributed by atoms with Crippen LogP contribution in [0.1, 0.15) is 6.42 Å². The van der Waals surface area contributed by atoms with Gasteiger partial charge in [0.1, 0.15) is 6.67 Å². The van der Waals surface area contributed by atoms with Crippen LogP contribution in [0.5, 0.6) is 0 Å². The molecule has 1 rings (SSSR count).